The molecule has 1 nitrogen and oxygen atoms in total. The second-order valence-electron chi connectivity index (χ2n) is 4.64. The molecule has 0 aliphatic carbocycles. The van der Waals surface area contributed by atoms with Crippen molar-refractivity contribution in [3.8, 4) is 0 Å². The lowest BCUT2D eigenvalue weighted by molar-refractivity contribution is 0.0873. The minimum Gasteiger partial charge on any atom is -0.387 e. The van der Waals surface area contributed by atoms with Crippen molar-refractivity contribution in [2.45, 2.75) is 26.4 Å². The Morgan fingerprint density at radius 3 is 2.38 bits per heavy atom. The molecule has 0 fully saturated rings. The van der Waals surface area contributed by atoms with E-state index in [9.17, 15) is 9.50 Å². The summed E-state index contributed by atoms with van der Waals surface area (Å²) in [6.45, 7) is 7.33. The standard InChI is InChI=1S/C13H16ClFO/c1-9(14)12(16)13(2,3)8-10-4-6-11(15)7-5-10/h4-7,12,16H,1,8H2,2-3H3. The van der Waals surface area contributed by atoms with Crippen LogP contribution in [-0.4, -0.2) is 11.2 Å². The van der Waals surface area contributed by atoms with E-state index in [2.05, 4.69) is 6.58 Å². The Morgan fingerprint density at radius 1 is 1.44 bits per heavy atom. The van der Waals surface area contributed by atoms with E-state index in [-0.39, 0.29) is 10.8 Å². The summed E-state index contributed by atoms with van der Waals surface area (Å²) in [7, 11) is 0. The smallest absolute Gasteiger partial charge is 0.123 e. The summed E-state index contributed by atoms with van der Waals surface area (Å²) in [5.41, 5.74) is 0.541. The van der Waals surface area contributed by atoms with E-state index < -0.39 is 11.5 Å². The van der Waals surface area contributed by atoms with Gasteiger partial charge in [-0.25, -0.2) is 4.39 Å². The van der Waals surface area contributed by atoms with Gasteiger partial charge in [-0.2, -0.15) is 0 Å². The van der Waals surface area contributed by atoms with E-state index in [1.807, 2.05) is 13.8 Å². The van der Waals surface area contributed by atoms with E-state index in [4.69, 9.17) is 11.6 Å². The number of hydrogen-bond acceptors (Lipinski definition) is 1. The molecule has 1 unspecified atom stereocenters. The Labute approximate surface area is 101 Å². The van der Waals surface area contributed by atoms with Crippen LogP contribution in [0, 0.1) is 11.2 Å². The Balaban J connectivity index is 2.79. The Morgan fingerprint density at radius 2 is 1.94 bits per heavy atom. The molecule has 0 aromatic heterocycles. The number of aliphatic hydroxyl groups is 1. The van der Waals surface area contributed by atoms with Gasteiger partial charge in [0.2, 0.25) is 0 Å². The Bertz CT molecular complexity index is 370. The molecule has 0 saturated carbocycles. The lowest BCUT2D eigenvalue weighted by atomic mass is 9.80. The van der Waals surface area contributed by atoms with Crippen molar-refractivity contribution >= 4 is 11.6 Å². The molecule has 1 rings (SSSR count). The van der Waals surface area contributed by atoms with Crippen molar-refractivity contribution in [3.05, 3.63) is 47.3 Å². The van der Waals surface area contributed by atoms with E-state index in [1.54, 1.807) is 12.1 Å². The molecule has 16 heavy (non-hydrogen) atoms. The van der Waals surface area contributed by atoms with Crippen LogP contribution >= 0.6 is 11.6 Å². The highest BCUT2D eigenvalue weighted by atomic mass is 35.5. The molecule has 1 N–H and O–H groups in total. The van der Waals surface area contributed by atoms with Crippen molar-refractivity contribution in [3.63, 3.8) is 0 Å². The third-order valence-corrected chi connectivity index (χ3v) is 2.82. The predicted molar refractivity (Wildman–Crippen MR) is 64.9 cm³/mol. The van der Waals surface area contributed by atoms with Gasteiger partial charge < -0.3 is 5.11 Å². The summed E-state index contributed by atoms with van der Waals surface area (Å²) in [4.78, 5) is 0. The summed E-state index contributed by atoms with van der Waals surface area (Å²) in [5, 5.41) is 10.1. The number of halogens is 2. The van der Waals surface area contributed by atoms with E-state index in [0.717, 1.165) is 5.56 Å². The second kappa shape index (κ2) is 4.98. The van der Waals surface area contributed by atoms with Gasteiger partial charge in [0.15, 0.2) is 0 Å². The molecule has 1 aromatic carbocycles. The average Bonchev–Trinajstić information content (AvgIpc) is 2.20. The van der Waals surface area contributed by atoms with Gasteiger partial charge in [-0.3, -0.25) is 0 Å². The molecule has 1 aromatic rings. The highest BCUT2D eigenvalue weighted by molar-refractivity contribution is 6.29. The van der Waals surface area contributed by atoms with Crippen LogP contribution in [0.15, 0.2) is 35.9 Å². The van der Waals surface area contributed by atoms with Crippen LogP contribution in [0.2, 0.25) is 0 Å². The Kier molecular flexibility index (Phi) is 4.11. The average molecular weight is 243 g/mol. The molecule has 3 heteroatoms. The highest BCUT2D eigenvalue weighted by Crippen LogP contribution is 2.30. The van der Waals surface area contributed by atoms with Crippen molar-refractivity contribution in [1.29, 1.82) is 0 Å². The van der Waals surface area contributed by atoms with Crippen LogP contribution in [0.5, 0.6) is 0 Å². The van der Waals surface area contributed by atoms with Crippen LogP contribution in [0.3, 0.4) is 0 Å². The zero-order valence-electron chi connectivity index (χ0n) is 9.50. The van der Waals surface area contributed by atoms with Gasteiger partial charge in [-0.1, -0.05) is 44.2 Å². The summed E-state index contributed by atoms with van der Waals surface area (Å²) >= 11 is 5.70. The van der Waals surface area contributed by atoms with Gasteiger partial charge in [0.05, 0.1) is 6.10 Å². The zero-order valence-corrected chi connectivity index (χ0v) is 10.3. The summed E-state index contributed by atoms with van der Waals surface area (Å²) in [6.07, 6.45) is -0.167. The first-order chi connectivity index (χ1) is 7.33. The maximum atomic E-state index is 12.7. The molecular formula is C13H16ClFO. The van der Waals surface area contributed by atoms with Crippen molar-refractivity contribution in [1.82, 2.24) is 0 Å². The topological polar surface area (TPSA) is 20.2 Å². The van der Waals surface area contributed by atoms with Gasteiger partial charge in [-0.05, 0) is 29.5 Å². The fourth-order valence-corrected chi connectivity index (χ4v) is 1.94. The van der Waals surface area contributed by atoms with E-state index in [1.165, 1.54) is 12.1 Å². The molecule has 0 aliphatic heterocycles. The molecule has 0 aliphatic rings. The third kappa shape index (κ3) is 3.32. The molecule has 88 valence electrons. The first-order valence-electron chi connectivity index (χ1n) is 5.10. The molecule has 0 spiro atoms. The van der Waals surface area contributed by atoms with Crippen LogP contribution < -0.4 is 0 Å². The molecule has 0 saturated heterocycles. The predicted octanol–water partition coefficient (Wildman–Crippen LogP) is 3.51. The first kappa shape index (κ1) is 13.2. The molecule has 1 atom stereocenters. The van der Waals surface area contributed by atoms with Gasteiger partial charge >= 0.3 is 0 Å². The molecule has 0 bridgehead atoms. The summed E-state index contributed by atoms with van der Waals surface area (Å²) in [6, 6.07) is 6.24. The molecule has 0 radical (unpaired) electrons. The zero-order chi connectivity index (χ0) is 12.3. The maximum absolute atomic E-state index is 12.7. The van der Waals surface area contributed by atoms with Crippen LogP contribution in [-0.2, 0) is 6.42 Å². The minimum absolute atomic E-state index is 0.229. The van der Waals surface area contributed by atoms with E-state index in [0.29, 0.717) is 6.42 Å². The quantitative estimate of drug-likeness (QED) is 0.857. The lowest BCUT2D eigenvalue weighted by Gasteiger charge is -2.30. The fraction of sp³-hybridized carbons (Fsp3) is 0.385. The molecule has 0 amide bonds. The second-order valence-corrected chi connectivity index (χ2v) is 5.13. The number of hydrogen-bond donors (Lipinski definition) is 1. The monoisotopic (exact) mass is 242 g/mol. The largest absolute Gasteiger partial charge is 0.387 e. The van der Waals surface area contributed by atoms with Crippen LogP contribution in [0.4, 0.5) is 4.39 Å². The summed E-state index contributed by atoms with van der Waals surface area (Å²) in [5.74, 6) is -0.260. The SMILES string of the molecule is C=C(Cl)C(O)C(C)(C)Cc1ccc(F)cc1. The number of aliphatic hydroxyl groups excluding tert-OH is 1. The van der Waals surface area contributed by atoms with Gasteiger partial charge in [-0.15, -0.1) is 0 Å². The number of rotatable bonds is 4. The maximum Gasteiger partial charge on any atom is 0.123 e. The fourth-order valence-electron chi connectivity index (χ4n) is 1.65. The van der Waals surface area contributed by atoms with Crippen molar-refractivity contribution in [2.24, 2.45) is 5.41 Å². The Hall–Kier alpha value is -0.860. The van der Waals surface area contributed by atoms with Crippen LogP contribution in [0.25, 0.3) is 0 Å². The first-order valence-corrected chi connectivity index (χ1v) is 5.47. The minimum atomic E-state index is -0.779. The van der Waals surface area contributed by atoms with Crippen molar-refractivity contribution < 1.29 is 9.50 Å². The molecular weight excluding hydrogens is 227 g/mol. The third-order valence-electron chi connectivity index (χ3n) is 2.61. The number of benzene rings is 1. The summed E-state index contributed by atoms with van der Waals surface area (Å²) < 4.78 is 12.7. The van der Waals surface area contributed by atoms with E-state index >= 15 is 0 Å². The van der Waals surface area contributed by atoms with Crippen molar-refractivity contribution in [2.75, 3.05) is 0 Å². The molecule has 0 heterocycles. The lowest BCUT2D eigenvalue weighted by Crippen LogP contribution is -2.31. The van der Waals surface area contributed by atoms with Gasteiger partial charge in [0, 0.05) is 5.03 Å². The van der Waals surface area contributed by atoms with Gasteiger partial charge in [0.25, 0.3) is 0 Å². The highest BCUT2D eigenvalue weighted by Gasteiger charge is 2.29. The van der Waals surface area contributed by atoms with Gasteiger partial charge in [0.1, 0.15) is 5.82 Å². The van der Waals surface area contributed by atoms with Crippen LogP contribution in [0.1, 0.15) is 19.4 Å². The normalized spacial score (nSPS) is 13.6.